The molecular weight excluding hydrogens is 262 g/mol. The molecule has 1 aliphatic rings. The molecule has 1 N–H and O–H groups in total. The maximum Gasteiger partial charge on any atom is 0.223 e. The van der Waals surface area contributed by atoms with Gasteiger partial charge < -0.3 is 10.0 Å². The van der Waals surface area contributed by atoms with Gasteiger partial charge in [0.15, 0.2) is 0 Å². The second kappa shape index (κ2) is 6.40. The van der Waals surface area contributed by atoms with Gasteiger partial charge in [-0.15, -0.1) is 0 Å². The van der Waals surface area contributed by atoms with E-state index in [1.165, 1.54) is 0 Å². The first-order chi connectivity index (χ1) is 9.13. The number of hydrogen-bond donors (Lipinski definition) is 1. The van der Waals surface area contributed by atoms with Crippen LogP contribution >= 0.6 is 11.6 Å². The molecule has 2 unspecified atom stereocenters. The average Bonchev–Trinajstić information content (AvgIpc) is 2.78. The fourth-order valence-electron chi connectivity index (χ4n) is 2.68. The molecule has 0 radical (unpaired) electrons. The molecule has 1 aliphatic heterocycles. The Bertz CT molecular complexity index is 450. The quantitative estimate of drug-likeness (QED) is 0.921. The van der Waals surface area contributed by atoms with Crippen molar-refractivity contribution in [2.45, 2.75) is 32.2 Å². The van der Waals surface area contributed by atoms with Crippen LogP contribution in [0.2, 0.25) is 5.02 Å². The van der Waals surface area contributed by atoms with Crippen LogP contribution in [0.5, 0.6) is 0 Å². The van der Waals surface area contributed by atoms with Crippen LogP contribution in [0.25, 0.3) is 0 Å². The highest BCUT2D eigenvalue weighted by Crippen LogP contribution is 2.25. The zero-order chi connectivity index (χ0) is 13.8. The van der Waals surface area contributed by atoms with Gasteiger partial charge in [-0.05, 0) is 30.4 Å². The predicted octanol–water partition coefficient (Wildman–Crippen LogP) is 2.50. The van der Waals surface area contributed by atoms with Crippen molar-refractivity contribution in [2.24, 2.45) is 5.92 Å². The molecule has 1 amide bonds. The second-order valence-corrected chi connectivity index (χ2v) is 5.60. The lowest BCUT2D eigenvalue weighted by atomic mass is 10.0. The Balaban J connectivity index is 1.93. The molecule has 3 nitrogen and oxygen atoms in total. The number of rotatable bonds is 4. The van der Waals surface area contributed by atoms with Crippen molar-refractivity contribution in [2.75, 3.05) is 13.2 Å². The number of halogens is 1. The molecule has 0 aliphatic carbocycles. The van der Waals surface area contributed by atoms with Crippen LogP contribution in [-0.4, -0.2) is 35.1 Å². The Morgan fingerprint density at radius 2 is 2.21 bits per heavy atom. The molecule has 2 rings (SSSR count). The van der Waals surface area contributed by atoms with Crippen molar-refractivity contribution in [3.8, 4) is 0 Å². The summed E-state index contributed by atoms with van der Waals surface area (Å²) in [5.41, 5.74) is 1.00. The van der Waals surface area contributed by atoms with Crippen LogP contribution in [0.1, 0.15) is 25.3 Å². The number of amides is 1. The lowest BCUT2D eigenvalue weighted by molar-refractivity contribution is -0.133. The monoisotopic (exact) mass is 281 g/mol. The summed E-state index contributed by atoms with van der Waals surface area (Å²) in [5, 5.41) is 10.1. The van der Waals surface area contributed by atoms with Gasteiger partial charge in [-0.1, -0.05) is 36.7 Å². The van der Waals surface area contributed by atoms with Crippen molar-refractivity contribution in [3.63, 3.8) is 0 Å². The van der Waals surface area contributed by atoms with Crippen molar-refractivity contribution in [1.82, 2.24) is 4.90 Å². The number of benzene rings is 1. The van der Waals surface area contributed by atoms with Gasteiger partial charge in [0.1, 0.15) is 0 Å². The Morgan fingerprint density at radius 3 is 2.89 bits per heavy atom. The third kappa shape index (κ3) is 3.28. The molecule has 1 fully saturated rings. The van der Waals surface area contributed by atoms with Gasteiger partial charge in [0.25, 0.3) is 0 Å². The Morgan fingerprint density at radius 1 is 1.47 bits per heavy atom. The van der Waals surface area contributed by atoms with Gasteiger partial charge in [0.2, 0.25) is 5.91 Å². The fraction of sp³-hybridized carbons (Fsp3) is 0.533. The van der Waals surface area contributed by atoms with E-state index in [-0.39, 0.29) is 18.6 Å². The van der Waals surface area contributed by atoms with E-state index < -0.39 is 0 Å². The first kappa shape index (κ1) is 14.4. The van der Waals surface area contributed by atoms with Crippen LogP contribution in [0.4, 0.5) is 0 Å². The highest BCUT2D eigenvalue weighted by Gasteiger charge is 2.33. The van der Waals surface area contributed by atoms with Crippen LogP contribution in [0.15, 0.2) is 24.3 Å². The number of nitrogens with zero attached hydrogens (tertiary/aromatic N) is 1. The summed E-state index contributed by atoms with van der Waals surface area (Å²) in [5.74, 6) is 0.498. The number of carbonyl (C=O) groups is 1. The highest BCUT2D eigenvalue weighted by atomic mass is 35.5. The normalized spacial score (nSPS) is 22.8. The van der Waals surface area contributed by atoms with Gasteiger partial charge in [-0.2, -0.15) is 0 Å². The van der Waals surface area contributed by atoms with Gasteiger partial charge >= 0.3 is 0 Å². The third-order valence-corrected chi connectivity index (χ3v) is 4.32. The summed E-state index contributed by atoms with van der Waals surface area (Å²) in [6.07, 6.45) is 2.08. The molecule has 1 saturated heterocycles. The van der Waals surface area contributed by atoms with E-state index in [1.807, 2.05) is 29.2 Å². The maximum atomic E-state index is 12.2. The molecule has 4 heteroatoms. The first-order valence-electron chi connectivity index (χ1n) is 6.77. The van der Waals surface area contributed by atoms with Crippen molar-refractivity contribution >= 4 is 17.5 Å². The number of aliphatic hydroxyl groups excluding tert-OH is 1. The Hall–Kier alpha value is -1.06. The summed E-state index contributed by atoms with van der Waals surface area (Å²) >= 11 is 6.08. The number of hydrogen-bond acceptors (Lipinski definition) is 2. The zero-order valence-electron chi connectivity index (χ0n) is 11.2. The van der Waals surface area contributed by atoms with Crippen molar-refractivity contribution in [1.29, 1.82) is 0 Å². The first-order valence-corrected chi connectivity index (χ1v) is 7.15. The molecule has 0 saturated carbocycles. The molecule has 19 heavy (non-hydrogen) atoms. The van der Waals surface area contributed by atoms with E-state index in [0.29, 0.717) is 23.8 Å². The largest absolute Gasteiger partial charge is 0.394 e. The van der Waals surface area contributed by atoms with E-state index in [2.05, 4.69) is 6.92 Å². The molecule has 0 spiro atoms. The number of aliphatic hydroxyl groups is 1. The van der Waals surface area contributed by atoms with Crippen LogP contribution in [0, 0.1) is 5.92 Å². The molecule has 2 atom stereocenters. The SMILES string of the molecule is CC1CCN(C(=O)CCc2ccccc2Cl)C1CO. The topological polar surface area (TPSA) is 40.5 Å². The average molecular weight is 282 g/mol. The fourth-order valence-corrected chi connectivity index (χ4v) is 2.91. The standard InChI is InChI=1S/C15H20ClNO2/c1-11-8-9-17(14(11)10-18)15(19)7-6-12-4-2-3-5-13(12)16/h2-5,11,14,18H,6-10H2,1H3. The van der Waals surface area contributed by atoms with Crippen molar-refractivity contribution < 1.29 is 9.90 Å². The van der Waals surface area contributed by atoms with Crippen LogP contribution < -0.4 is 0 Å². The molecule has 104 valence electrons. The third-order valence-electron chi connectivity index (χ3n) is 3.96. The minimum Gasteiger partial charge on any atom is -0.394 e. The Labute approximate surface area is 119 Å². The number of aryl methyl sites for hydroxylation is 1. The lowest BCUT2D eigenvalue weighted by Gasteiger charge is -2.25. The van der Waals surface area contributed by atoms with E-state index in [4.69, 9.17) is 11.6 Å². The van der Waals surface area contributed by atoms with E-state index in [1.54, 1.807) is 0 Å². The van der Waals surface area contributed by atoms with Gasteiger partial charge in [-0.25, -0.2) is 0 Å². The smallest absolute Gasteiger partial charge is 0.223 e. The predicted molar refractivity (Wildman–Crippen MR) is 76.1 cm³/mol. The molecule has 1 aromatic carbocycles. The summed E-state index contributed by atoms with van der Waals surface area (Å²) in [7, 11) is 0. The maximum absolute atomic E-state index is 12.2. The molecule has 0 bridgehead atoms. The summed E-state index contributed by atoms with van der Waals surface area (Å²) in [6.45, 7) is 2.90. The molecule has 1 heterocycles. The van der Waals surface area contributed by atoms with Crippen molar-refractivity contribution in [3.05, 3.63) is 34.9 Å². The molecular formula is C15H20ClNO2. The lowest BCUT2D eigenvalue weighted by Crippen LogP contribution is -2.39. The second-order valence-electron chi connectivity index (χ2n) is 5.19. The summed E-state index contributed by atoms with van der Waals surface area (Å²) < 4.78 is 0. The Kier molecular flexibility index (Phi) is 4.83. The van der Waals surface area contributed by atoms with Gasteiger partial charge in [-0.3, -0.25) is 4.79 Å². The minimum atomic E-state index is -0.0151. The summed E-state index contributed by atoms with van der Waals surface area (Å²) in [6, 6.07) is 7.60. The van der Waals surface area contributed by atoms with Crippen LogP contribution in [-0.2, 0) is 11.2 Å². The summed E-state index contributed by atoms with van der Waals surface area (Å²) in [4.78, 5) is 14.0. The van der Waals surface area contributed by atoms with Gasteiger partial charge in [0.05, 0.1) is 12.6 Å². The van der Waals surface area contributed by atoms with E-state index >= 15 is 0 Å². The van der Waals surface area contributed by atoms with Gasteiger partial charge in [0, 0.05) is 18.0 Å². The molecule has 0 aromatic heterocycles. The zero-order valence-corrected chi connectivity index (χ0v) is 11.9. The van der Waals surface area contributed by atoms with Crippen LogP contribution in [0.3, 0.4) is 0 Å². The van der Waals surface area contributed by atoms with E-state index in [0.717, 1.165) is 18.5 Å². The minimum absolute atomic E-state index is 0.0151. The highest BCUT2D eigenvalue weighted by molar-refractivity contribution is 6.31. The van der Waals surface area contributed by atoms with E-state index in [9.17, 15) is 9.90 Å². The number of carbonyl (C=O) groups excluding carboxylic acids is 1. The molecule has 1 aromatic rings. The number of likely N-dealkylation sites (tertiary alicyclic amines) is 1.